The predicted octanol–water partition coefficient (Wildman–Crippen LogP) is 1.70. The molecule has 0 saturated carbocycles. The van der Waals surface area contributed by atoms with Crippen molar-refractivity contribution in [3.63, 3.8) is 0 Å². The zero-order valence-electron chi connectivity index (χ0n) is 17.4. The molecule has 0 spiro atoms. The summed E-state index contributed by atoms with van der Waals surface area (Å²) in [7, 11) is 3.78. The van der Waals surface area contributed by atoms with Crippen LogP contribution in [0.4, 0.5) is 4.48 Å². The van der Waals surface area contributed by atoms with E-state index < -0.39 is 0 Å². The van der Waals surface area contributed by atoms with Gasteiger partial charge in [0, 0.05) is 43.9 Å². The van der Waals surface area contributed by atoms with Crippen molar-refractivity contribution < 1.29 is 9.28 Å². The second-order valence-corrected chi connectivity index (χ2v) is 8.03. The van der Waals surface area contributed by atoms with Gasteiger partial charge in [0.15, 0.2) is 0 Å². The fraction of sp³-hybridized carbons (Fsp3) is 0.318. The van der Waals surface area contributed by atoms with Crippen molar-refractivity contribution in [3.8, 4) is 0 Å². The molecule has 1 aromatic carbocycles. The summed E-state index contributed by atoms with van der Waals surface area (Å²) in [6, 6.07) is 8.55. The van der Waals surface area contributed by atoms with E-state index in [2.05, 4.69) is 50.4 Å². The normalized spacial score (nSPS) is 23.1. The Bertz CT molecular complexity index is 1120. The largest absolute Gasteiger partial charge is 0.329 e. The minimum absolute atomic E-state index is 0.0701. The number of amides is 1. The first-order valence-electron chi connectivity index (χ1n) is 10.3. The first-order valence-corrected chi connectivity index (χ1v) is 10.3. The summed E-state index contributed by atoms with van der Waals surface area (Å²) in [6.07, 6.45) is 5.26. The van der Waals surface area contributed by atoms with Crippen LogP contribution in [0.15, 0.2) is 65.3 Å². The molecular formula is C22H24FN7O. The van der Waals surface area contributed by atoms with Gasteiger partial charge in [-0.15, -0.1) is 5.23 Å². The lowest BCUT2D eigenvalue weighted by molar-refractivity contribution is -0.115. The molecule has 1 amide bonds. The van der Waals surface area contributed by atoms with Gasteiger partial charge in [0.25, 0.3) is 0 Å². The van der Waals surface area contributed by atoms with Gasteiger partial charge in [-0.2, -0.15) is 5.10 Å². The lowest BCUT2D eigenvalue weighted by Gasteiger charge is -2.40. The van der Waals surface area contributed by atoms with Crippen LogP contribution in [0.1, 0.15) is 35.2 Å². The molecule has 1 aromatic heterocycles. The smallest absolute Gasteiger partial charge is 0.250 e. The number of hydrogen-bond acceptors (Lipinski definition) is 6. The zero-order chi connectivity index (χ0) is 21.5. The third kappa shape index (κ3) is 3.35. The molecular weight excluding hydrogens is 397 g/mol. The lowest BCUT2D eigenvalue weighted by Crippen LogP contribution is -2.41. The number of benzene rings is 1. The van der Waals surface area contributed by atoms with E-state index in [0.29, 0.717) is 11.8 Å². The molecule has 8 nitrogen and oxygen atoms in total. The Labute approximate surface area is 179 Å². The van der Waals surface area contributed by atoms with E-state index in [1.54, 1.807) is 10.9 Å². The van der Waals surface area contributed by atoms with Crippen molar-refractivity contribution in [1.29, 1.82) is 0 Å². The highest BCUT2D eigenvalue weighted by atomic mass is 19.2. The summed E-state index contributed by atoms with van der Waals surface area (Å²) in [5, 5.41) is 10.7. The number of allylic oxidation sites excluding steroid dienone is 1. The van der Waals surface area contributed by atoms with Crippen LogP contribution in [0.2, 0.25) is 0 Å². The highest BCUT2D eigenvalue weighted by Gasteiger charge is 2.43. The third-order valence-corrected chi connectivity index (χ3v) is 6.20. The van der Waals surface area contributed by atoms with Gasteiger partial charge in [-0.1, -0.05) is 28.7 Å². The number of hydrazine groups is 1. The SMILES string of the molecule is CNCc1ccc(C2CC3=C4C(=CNC(=O)C=C4N(F)NC3)C2c2ncnn2C)cc1. The molecule has 2 aliphatic heterocycles. The van der Waals surface area contributed by atoms with Crippen LogP contribution in [0.25, 0.3) is 0 Å². The van der Waals surface area contributed by atoms with Gasteiger partial charge in [0.2, 0.25) is 5.91 Å². The Morgan fingerprint density at radius 1 is 1.29 bits per heavy atom. The van der Waals surface area contributed by atoms with Crippen molar-refractivity contribution in [2.45, 2.75) is 24.8 Å². The summed E-state index contributed by atoms with van der Waals surface area (Å²) in [6.45, 7) is 1.18. The number of rotatable bonds is 4. The van der Waals surface area contributed by atoms with Crippen molar-refractivity contribution >= 4 is 5.91 Å². The van der Waals surface area contributed by atoms with Gasteiger partial charge in [-0.25, -0.2) is 10.4 Å². The van der Waals surface area contributed by atoms with Crippen LogP contribution in [0.3, 0.4) is 0 Å². The number of aryl methyl sites for hydroxylation is 1. The second kappa shape index (κ2) is 7.75. The molecule has 3 N–H and O–H groups in total. The Morgan fingerprint density at radius 2 is 2.10 bits per heavy atom. The van der Waals surface area contributed by atoms with Gasteiger partial charge in [-0.3, -0.25) is 9.48 Å². The molecule has 3 aliphatic rings. The van der Waals surface area contributed by atoms with Crippen molar-refractivity contribution in [2.24, 2.45) is 7.05 Å². The zero-order valence-corrected chi connectivity index (χ0v) is 17.4. The molecule has 3 heterocycles. The van der Waals surface area contributed by atoms with E-state index in [-0.39, 0.29) is 23.4 Å². The third-order valence-electron chi connectivity index (χ3n) is 6.20. The van der Waals surface area contributed by atoms with Gasteiger partial charge >= 0.3 is 0 Å². The Balaban J connectivity index is 1.67. The van der Waals surface area contributed by atoms with Gasteiger partial charge < -0.3 is 10.6 Å². The molecule has 0 fully saturated rings. The number of aromatic nitrogens is 3. The van der Waals surface area contributed by atoms with E-state index in [1.807, 2.05) is 14.1 Å². The second-order valence-electron chi connectivity index (χ2n) is 8.03. The Kier molecular flexibility index (Phi) is 4.91. The van der Waals surface area contributed by atoms with Crippen LogP contribution in [0.5, 0.6) is 0 Å². The van der Waals surface area contributed by atoms with Crippen LogP contribution >= 0.6 is 0 Å². The highest BCUT2D eigenvalue weighted by molar-refractivity contribution is 5.91. The van der Waals surface area contributed by atoms with Crippen molar-refractivity contribution in [1.82, 2.24) is 36.1 Å². The molecule has 2 aromatic rings. The molecule has 0 bridgehead atoms. The molecule has 160 valence electrons. The maximum Gasteiger partial charge on any atom is 0.250 e. The first-order chi connectivity index (χ1) is 15.1. The van der Waals surface area contributed by atoms with E-state index in [0.717, 1.165) is 35.5 Å². The maximum atomic E-state index is 14.6. The average molecular weight is 421 g/mol. The number of carbonyl (C=O) groups is 1. The van der Waals surface area contributed by atoms with Gasteiger partial charge in [0.05, 0.1) is 5.92 Å². The quantitative estimate of drug-likeness (QED) is 0.652. The van der Waals surface area contributed by atoms with Crippen LogP contribution in [0, 0.1) is 0 Å². The number of nitrogens with one attached hydrogen (secondary N) is 3. The summed E-state index contributed by atoms with van der Waals surface area (Å²) >= 11 is 0. The summed E-state index contributed by atoms with van der Waals surface area (Å²) in [5.74, 6) is 0.303. The summed E-state index contributed by atoms with van der Waals surface area (Å²) in [4.78, 5) is 16.8. The standard InChI is InChI=1S/C22H24FN7O/c1-24-9-13-3-5-14(6-4-13)16-7-15-10-27-30(23)18-8-19(31)25-11-17(20(15)18)21(16)22-26-12-28-29(22)2/h3-6,8,11-12,16,21,24,27H,7,9-10H2,1-2H3,(H,25,31). The van der Waals surface area contributed by atoms with E-state index in [9.17, 15) is 9.28 Å². The van der Waals surface area contributed by atoms with Crippen molar-refractivity contribution in [2.75, 3.05) is 13.6 Å². The van der Waals surface area contributed by atoms with Crippen LogP contribution in [-0.2, 0) is 18.4 Å². The molecule has 5 rings (SSSR count). The Hall–Kier alpha value is -3.30. The minimum atomic E-state index is -0.361. The van der Waals surface area contributed by atoms with E-state index in [1.165, 1.54) is 23.5 Å². The molecule has 0 saturated heterocycles. The first kappa shape index (κ1) is 19.7. The van der Waals surface area contributed by atoms with Crippen molar-refractivity contribution in [3.05, 3.63) is 82.2 Å². The monoisotopic (exact) mass is 421 g/mol. The molecule has 2 atom stereocenters. The molecule has 1 aliphatic carbocycles. The highest BCUT2D eigenvalue weighted by Crippen LogP contribution is 2.51. The number of carbonyl (C=O) groups excluding carboxylic acids is 1. The van der Waals surface area contributed by atoms with Gasteiger partial charge in [0.1, 0.15) is 17.8 Å². The fourth-order valence-electron chi connectivity index (χ4n) is 4.81. The lowest BCUT2D eigenvalue weighted by atomic mass is 9.68. The predicted molar refractivity (Wildman–Crippen MR) is 113 cm³/mol. The summed E-state index contributed by atoms with van der Waals surface area (Å²) in [5.41, 5.74) is 8.04. The van der Waals surface area contributed by atoms with E-state index in [4.69, 9.17) is 0 Å². The molecule has 2 unspecified atom stereocenters. The minimum Gasteiger partial charge on any atom is -0.329 e. The fourth-order valence-corrected chi connectivity index (χ4v) is 4.81. The molecule has 9 heteroatoms. The topological polar surface area (TPSA) is 87.1 Å². The Morgan fingerprint density at radius 3 is 2.81 bits per heavy atom. The molecule has 31 heavy (non-hydrogen) atoms. The summed E-state index contributed by atoms with van der Waals surface area (Å²) < 4.78 is 16.4. The average Bonchev–Trinajstić information content (AvgIpc) is 3.10. The number of hydrogen-bond donors (Lipinski definition) is 3. The molecule has 0 radical (unpaired) electrons. The number of nitrogens with zero attached hydrogens (tertiary/aromatic N) is 4. The number of halogens is 1. The van der Waals surface area contributed by atoms with Gasteiger partial charge in [-0.05, 0) is 35.7 Å². The van der Waals surface area contributed by atoms with Crippen LogP contribution in [-0.4, -0.2) is 39.5 Å². The van der Waals surface area contributed by atoms with E-state index >= 15 is 0 Å². The maximum absolute atomic E-state index is 14.6. The van der Waals surface area contributed by atoms with Crippen LogP contribution < -0.4 is 16.1 Å².